The fraction of sp³-hybridized carbons (Fsp3) is 0.375. The van der Waals surface area contributed by atoms with E-state index >= 15 is 0 Å². The van der Waals surface area contributed by atoms with Crippen LogP contribution in [0.15, 0.2) is 77.7 Å². The number of nitrogens with one attached hydrogen (secondary N) is 1. The standard InChI is InChI=1S/C32H41N3O6S/c1-7-24(4)33-32(37)28(8-2)34(21-25-13-12-14-26(20-25)40-5)31(36)22-35(29-19-23(3)17-18-30(29)41-6)42(38,39)27-15-10-9-11-16-27/h9-20,24,28H,7-8,21-22H2,1-6H3,(H,33,37)/t24-,28+/m1/s1. The highest BCUT2D eigenvalue weighted by atomic mass is 32.2. The van der Waals surface area contributed by atoms with Gasteiger partial charge in [0.2, 0.25) is 11.8 Å². The number of ether oxygens (including phenoxy) is 2. The van der Waals surface area contributed by atoms with Crippen LogP contribution in [0.3, 0.4) is 0 Å². The predicted molar refractivity (Wildman–Crippen MR) is 164 cm³/mol. The number of sulfonamides is 1. The number of amides is 2. The lowest BCUT2D eigenvalue weighted by molar-refractivity contribution is -0.140. The van der Waals surface area contributed by atoms with Crippen LogP contribution < -0.4 is 19.1 Å². The van der Waals surface area contributed by atoms with Crippen LogP contribution in [-0.4, -0.2) is 58.0 Å². The molecular formula is C32H41N3O6S. The third-order valence-corrected chi connectivity index (χ3v) is 8.86. The highest BCUT2D eigenvalue weighted by Gasteiger charge is 2.35. The van der Waals surface area contributed by atoms with Crippen molar-refractivity contribution in [2.45, 2.75) is 64.1 Å². The van der Waals surface area contributed by atoms with Crippen molar-refractivity contribution >= 4 is 27.5 Å². The molecule has 3 aromatic carbocycles. The summed E-state index contributed by atoms with van der Waals surface area (Å²) in [5, 5.41) is 2.98. The Morgan fingerprint density at radius 3 is 2.24 bits per heavy atom. The minimum absolute atomic E-state index is 0.0299. The van der Waals surface area contributed by atoms with Crippen LogP contribution in [-0.2, 0) is 26.2 Å². The van der Waals surface area contributed by atoms with Crippen molar-refractivity contribution in [1.82, 2.24) is 10.2 Å². The molecule has 0 bridgehead atoms. The van der Waals surface area contributed by atoms with E-state index in [1.54, 1.807) is 61.7 Å². The molecule has 0 saturated heterocycles. The molecule has 42 heavy (non-hydrogen) atoms. The van der Waals surface area contributed by atoms with Crippen LogP contribution in [0.5, 0.6) is 11.5 Å². The summed E-state index contributed by atoms with van der Waals surface area (Å²) in [5.41, 5.74) is 1.76. The van der Waals surface area contributed by atoms with Gasteiger partial charge in [-0.1, -0.05) is 50.2 Å². The van der Waals surface area contributed by atoms with Gasteiger partial charge in [-0.05, 0) is 74.2 Å². The van der Waals surface area contributed by atoms with Gasteiger partial charge in [-0.25, -0.2) is 8.42 Å². The maximum atomic E-state index is 14.3. The molecule has 226 valence electrons. The lowest BCUT2D eigenvalue weighted by Gasteiger charge is -2.34. The Bertz CT molecular complexity index is 1460. The third-order valence-electron chi connectivity index (χ3n) is 7.09. The molecule has 0 unspecified atom stereocenters. The molecule has 3 rings (SSSR count). The highest BCUT2D eigenvalue weighted by molar-refractivity contribution is 7.92. The van der Waals surface area contributed by atoms with Crippen LogP contribution in [0.2, 0.25) is 0 Å². The van der Waals surface area contributed by atoms with Crippen LogP contribution in [0.4, 0.5) is 5.69 Å². The first kappa shape index (κ1) is 32.5. The molecule has 2 atom stereocenters. The molecule has 9 nitrogen and oxygen atoms in total. The maximum Gasteiger partial charge on any atom is 0.264 e. The molecule has 2 amide bonds. The van der Waals surface area contributed by atoms with E-state index in [-0.39, 0.29) is 29.1 Å². The van der Waals surface area contributed by atoms with Gasteiger partial charge in [0, 0.05) is 12.6 Å². The van der Waals surface area contributed by atoms with E-state index in [0.29, 0.717) is 17.9 Å². The summed E-state index contributed by atoms with van der Waals surface area (Å²) < 4.78 is 40.1. The summed E-state index contributed by atoms with van der Waals surface area (Å²) in [6.45, 7) is 7.05. The third kappa shape index (κ3) is 7.82. The number of aryl methyl sites for hydroxylation is 1. The molecule has 1 N–H and O–H groups in total. The van der Waals surface area contributed by atoms with Gasteiger partial charge < -0.3 is 19.7 Å². The smallest absolute Gasteiger partial charge is 0.264 e. The second-order valence-corrected chi connectivity index (χ2v) is 12.0. The SMILES string of the molecule is CC[C@@H](C)NC(=O)[C@H](CC)N(Cc1cccc(OC)c1)C(=O)CN(c1cc(C)ccc1OC)S(=O)(=O)c1ccccc1. The van der Waals surface area contributed by atoms with Crippen molar-refractivity contribution in [2.24, 2.45) is 0 Å². The molecule has 0 radical (unpaired) electrons. The molecule has 0 spiro atoms. The summed E-state index contributed by atoms with van der Waals surface area (Å²) in [6, 6.07) is 19.4. The Morgan fingerprint density at radius 2 is 1.62 bits per heavy atom. The molecule has 10 heteroatoms. The lowest BCUT2D eigenvalue weighted by atomic mass is 10.1. The summed E-state index contributed by atoms with van der Waals surface area (Å²) in [6.07, 6.45) is 1.05. The predicted octanol–water partition coefficient (Wildman–Crippen LogP) is 4.93. The topological polar surface area (TPSA) is 105 Å². The van der Waals surface area contributed by atoms with E-state index < -0.39 is 28.5 Å². The van der Waals surface area contributed by atoms with E-state index in [1.807, 2.05) is 33.8 Å². The number of hydrogen-bond donors (Lipinski definition) is 1. The molecule has 0 aliphatic rings. The van der Waals surface area contributed by atoms with Crippen molar-refractivity contribution in [2.75, 3.05) is 25.1 Å². The fourth-order valence-corrected chi connectivity index (χ4v) is 5.99. The van der Waals surface area contributed by atoms with Crippen LogP contribution in [0.1, 0.15) is 44.7 Å². The normalized spacial score (nSPS) is 12.6. The Labute approximate surface area is 249 Å². The number of benzene rings is 3. The Balaban J connectivity index is 2.12. The maximum absolute atomic E-state index is 14.3. The summed E-state index contributed by atoms with van der Waals surface area (Å²) in [7, 11) is -1.20. The van der Waals surface area contributed by atoms with Crippen molar-refractivity contribution in [1.29, 1.82) is 0 Å². The number of carbonyl (C=O) groups excluding carboxylic acids is 2. The number of carbonyl (C=O) groups is 2. The van der Waals surface area contributed by atoms with Gasteiger partial charge in [-0.2, -0.15) is 0 Å². The Kier molecular flexibility index (Phi) is 11.4. The van der Waals surface area contributed by atoms with E-state index in [9.17, 15) is 18.0 Å². The summed E-state index contributed by atoms with van der Waals surface area (Å²) >= 11 is 0. The van der Waals surface area contributed by atoms with Gasteiger partial charge in [0.15, 0.2) is 0 Å². The number of rotatable bonds is 14. The van der Waals surface area contributed by atoms with Crippen molar-refractivity contribution in [3.63, 3.8) is 0 Å². The number of anilines is 1. The molecule has 0 heterocycles. The zero-order valence-electron chi connectivity index (χ0n) is 25.2. The van der Waals surface area contributed by atoms with Crippen molar-refractivity contribution in [3.8, 4) is 11.5 Å². The first-order chi connectivity index (χ1) is 20.0. The van der Waals surface area contributed by atoms with Gasteiger partial charge >= 0.3 is 0 Å². The molecule has 0 aromatic heterocycles. The Hall–Kier alpha value is -4.05. The van der Waals surface area contributed by atoms with Gasteiger partial charge in [0.1, 0.15) is 24.1 Å². The van der Waals surface area contributed by atoms with Gasteiger partial charge in [0.05, 0.1) is 24.8 Å². The number of nitrogens with zero attached hydrogens (tertiary/aromatic N) is 2. The van der Waals surface area contributed by atoms with Crippen LogP contribution in [0.25, 0.3) is 0 Å². The van der Waals surface area contributed by atoms with Crippen LogP contribution in [0, 0.1) is 6.92 Å². The second kappa shape index (κ2) is 14.7. The summed E-state index contributed by atoms with van der Waals surface area (Å²) in [5.74, 6) is 0.0734. The Morgan fingerprint density at radius 1 is 0.905 bits per heavy atom. The zero-order valence-corrected chi connectivity index (χ0v) is 26.0. The first-order valence-corrected chi connectivity index (χ1v) is 15.4. The van der Waals surface area contributed by atoms with E-state index in [2.05, 4.69) is 5.32 Å². The number of methoxy groups -OCH3 is 2. The van der Waals surface area contributed by atoms with E-state index in [4.69, 9.17) is 9.47 Å². The minimum atomic E-state index is -4.21. The minimum Gasteiger partial charge on any atom is -0.497 e. The van der Waals surface area contributed by atoms with Crippen molar-refractivity contribution in [3.05, 3.63) is 83.9 Å². The zero-order chi connectivity index (χ0) is 30.9. The fourth-order valence-electron chi connectivity index (χ4n) is 4.56. The second-order valence-electron chi connectivity index (χ2n) is 10.1. The van der Waals surface area contributed by atoms with Crippen LogP contribution >= 0.6 is 0 Å². The molecule has 0 saturated carbocycles. The number of hydrogen-bond acceptors (Lipinski definition) is 6. The molecule has 0 aliphatic heterocycles. The molecule has 3 aromatic rings. The van der Waals surface area contributed by atoms with Crippen molar-refractivity contribution < 1.29 is 27.5 Å². The molecule has 0 fully saturated rings. The van der Waals surface area contributed by atoms with E-state index in [0.717, 1.165) is 21.9 Å². The molecule has 0 aliphatic carbocycles. The van der Waals surface area contributed by atoms with Gasteiger partial charge in [0.25, 0.3) is 10.0 Å². The van der Waals surface area contributed by atoms with Gasteiger partial charge in [-0.3, -0.25) is 13.9 Å². The average molecular weight is 596 g/mol. The quantitative estimate of drug-likeness (QED) is 0.283. The highest BCUT2D eigenvalue weighted by Crippen LogP contribution is 2.34. The van der Waals surface area contributed by atoms with Gasteiger partial charge in [-0.15, -0.1) is 0 Å². The lowest BCUT2D eigenvalue weighted by Crippen LogP contribution is -2.53. The molecular weight excluding hydrogens is 554 g/mol. The van der Waals surface area contributed by atoms with E-state index in [1.165, 1.54) is 24.1 Å². The largest absolute Gasteiger partial charge is 0.497 e. The average Bonchev–Trinajstić information content (AvgIpc) is 2.99. The first-order valence-electron chi connectivity index (χ1n) is 14.0. The summed E-state index contributed by atoms with van der Waals surface area (Å²) in [4.78, 5) is 29.2. The monoisotopic (exact) mass is 595 g/mol.